The summed E-state index contributed by atoms with van der Waals surface area (Å²) in [6, 6.07) is 8.81. The second kappa shape index (κ2) is 8.37. The first-order valence-corrected chi connectivity index (χ1v) is 8.68. The predicted octanol–water partition coefficient (Wildman–Crippen LogP) is 2.81. The summed E-state index contributed by atoms with van der Waals surface area (Å²) in [6.45, 7) is 6.38. The number of aromatic nitrogens is 3. The maximum absolute atomic E-state index is 5.75. The second-order valence-electron chi connectivity index (χ2n) is 6.46. The molecule has 0 radical (unpaired) electrons. The Bertz CT molecular complexity index is 618. The molecule has 1 saturated heterocycles. The van der Waals surface area contributed by atoms with Crippen molar-refractivity contribution in [3.63, 3.8) is 0 Å². The first kappa shape index (κ1) is 17.1. The highest BCUT2D eigenvalue weighted by Gasteiger charge is 2.15. The van der Waals surface area contributed by atoms with Gasteiger partial charge in [0.2, 0.25) is 0 Å². The van der Waals surface area contributed by atoms with E-state index in [4.69, 9.17) is 9.47 Å². The van der Waals surface area contributed by atoms with Gasteiger partial charge < -0.3 is 14.8 Å². The molecular weight excluding hydrogens is 304 g/mol. The molecule has 1 aliphatic heterocycles. The summed E-state index contributed by atoms with van der Waals surface area (Å²) in [4.78, 5) is 0. The molecule has 1 unspecified atom stereocenters. The summed E-state index contributed by atoms with van der Waals surface area (Å²) >= 11 is 0. The molecule has 0 amide bonds. The Morgan fingerprint density at radius 1 is 1.29 bits per heavy atom. The van der Waals surface area contributed by atoms with Crippen molar-refractivity contribution in [2.45, 2.75) is 58.6 Å². The third kappa shape index (κ3) is 4.87. The van der Waals surface area contributed by atoms with E-state index in [1.165, 1.54) is 5.56 Å². The van der Waals surface area contributed by atoms with Crippen molar-refractivity contribution >= 4 is 0 Å². The molecule has 1 aliphatic rings. The number of hydrogen-bond donors (Lipinski definition) is 1. The van der Waals surface area contributed by atoms with Crippen molar-refractivity contribution in [1.29, 1.82) is 0 Å². The van der Waals surface area contributed by atoms with Gasteiger partial charge in [0, 0.05) is 19.2 Å². The van der Waals surface area contributed by atoms with Crippen LogP contribution < -0.4 is 5.32 Å². The van der Waals surface area contributed by atoms with Crippen molar-refractivity contribution in [3.05, 3.63) is 41.7 Å². The minimum absolute atomic E-state index is 0.100. The second-order valence-corrected chi connectivity index (χ2v) is 6.46. The molecule has 1 aromatic carbocycles. The minimum Gasteiger partial charge on any atom is -0.353 e. The summed E-state index contributed by atoms with van der Waals surface area (Å²) in [7, 11) is 0. The third-order valence-electron chi connectivity index (χ3n) is 4.01. The Kier molecular flexibility index (Phi) is 5.96. The summed E-state index contributed by atoms with van der Waals surface area (Å²) in [5.41, 5.74) is 3.07. The topological polar surface area (TPSA) is 61.2 Å². The van der Waals surface area contributed by atoms with Crippen molar-refractivity contribution in [2.24, 2.45) is 0 Å². The third-order valence-corrected chi connectivity index (χ3v) is 4.01. The molecule has 1 atom stereocenters. The molecule has 1 aromatic heterocycles. The number of ether oxygens (including phenoxy) is 2. The Balaban J connectivity index is 1.54. The fraction of sp³-hybridized carbons (Fsp3) is 0.556. The van der Waals surface area contributed by atoms with Crippen LogP contribution in [0.15, 0.2) is 30.5 Å². The quantitative estimate of drug-likeness (QED) is 0.846. The molecule has 130 valence electrons. The van der Waals surface area contributed by atoms with Crippen LogP contribution in [0.25, 0.3) is 5.69 Å². The van der Waals surface area contributed by atoms with Crippen molar-refractivity contribution < 1.29 is 9.47 Å². The highest BCUT2D eigenvalue weighted by Crippen LogP contribution is 2.15. The average Bonchev–Trinajstić information content (AvgIpc) is 3.08. The predicted molar refractivity (Wildman–Crippen MR) is 91.7 cm³/mol. The molecule has 2 aromatic rings. The van der Waals surface area contributed by atoms with Gasteiger partial charge in [0.1, 0.15) is 5.69 Å². The molecule has 0 spiro atoms. The fourth-order valence-electron chi connectivity index (χ4n) is 2.60. The molecule has 24 heavy (non-hydrogen) atoms. The SMILES string of the molecule is CC(C)NCc1ccc(-n2cc(COC3CCCCO3)nn2)cc1. The largest absolute Gasteiger partial charge is 0.353 e. The summed E-state index contributed by atoms with van der Waals surface area (Å²) < 4.78 is 13.1. The van der Waals surface area contributed by atoms with E-state index in [1.54, 1.807) is 4.68 Å². The Morgan fingerprint density at radius 2 is 2.12 bits per heavy atom. The van der Waals surface area contributed by atoms with Crippen molar-refractivity contribution in [1.82, 2.24) is 20.3 Å². The van der Waals surface area contributed by atoms with E-state index < -0.39 is 0 Å². The highest BCUT2D eigenvalue weighted by atomic mass is 16.7. The van der Waals surface area contributed by atoms with Crippen LogP contribution in [0.5, 0.6) is 0 Å². The lowest BCUT2D eigenvalue weighted by molar-refractivity contribution is -0.169. The van der Waals surface area contributed by atoms with Gasteiger partial charge in [-0.1, -0.05) is 31.2 Å². The summed E-state index contributed by atoms with van der Waals surface area (Å²) in [6.07, 6.45) is 5.05. The van der Waals surface area contributed by atoms with E-state index in [1.807, 2.05) is 6.20 Å². The number of nitrogens with one attached hydrogen (secondary N) is 1. The summed E-state index contributed by atoms with van der Waals surface area (Å²) in [5, 5.41) is 11.8. The smallest absolute Gasteiger partial charge is 0.158 e. The van der Waals surface area contributed by atoms with Gasteiger partial charge in [-0.2, -0.15) is 0 Å². The molecule has 0 bridgehead atoms. The van der Waals surface area contributed by atoms with Gasteiger partial charge >= 0.3 is 0 Å². The van der Waals surface area contributed by atoms with Crippen LogP contribution in [0.1, 0.15) is 44.4 Å². The zero-order valence-corrected chi connectivity index (χ0v) is 14.4. The molecule has 0 saturated carbocycles. The van der Waals surface area contributed by atoms with Gasteiger partial charge in [-0.3, -0.25) is 0 Å². The first-order valence-electron chi connectivity index (χ1n) is 8.68. The lowest BCUT2D eigenvalue weighted by Crippen LogP contribution is -2.22. The van der Waals surface area contributed by atoms with Gasteiger partial charge in [-0.25, -0.2) is 4.68 Å². The highest BCUT2D eigenvalue weighted by molar-refractivity contribution is 5.33. The van der Waals surface area contributed by atoms with E-state index in [0.29, 0.717) is 12.6 Å². The molecule has 6 nitrogen and oxygen atoms in total. The van der Waals surface area contributed by atoms with Gasteiger partial charge in [-0.05, 0) is 37.0 Å². The molecule has 3 rings (SSSR count). The average molecular weight is 330 g/mol. The molecule has 0 aliphatic carbocycles. The van der Waals surface area contributed by atoms with E-state index in [9.17, 15) is 0 Å². The molecule has 1 fully saturated rings. The number of benzene rings is 1. The van der Waals surface area contributed by atoms with Crippen LogP contribution >= 0.6 is 0 Å². The van der Waals surface area contributed by atoms with Crippen LogP contribution in [0.2, 0.25) is 0 Å². The fourth-order valence-corrected chi connectivity index (χ4v) is 2.60. The standard InChI is InChI=1S/C18H26N4O2/c1-14(2)19-11-15-6-8-17(9-7-15)22-12-16(20-21-22)13-24-18-5-3-4-10-23-18/h6-9,12,14,18-19H,3-5,10-11,13H2,1-2H3. The number of hydrogen-bond acceptors (Lipinski definition) is 5. The monoisotopic (exact) mass is 330 g/mol. The van der Waals surface area contributed by atoms with E-state index in [2.05, 4.69) is 53.7 Å². The number of nitrogens with zero attached hydrogens (tertiary/aromatic N) is 3. The van der Waals surface area contributed by atoms with Crippen LogP contribution in [0, 0.1) is 0 Å². The maximum Gasteiger partial charge on any atom is 0.158 e. The van der Waals surface area contributed by atoms with Gasteiger partial charge in [0.05, 0.1) is 18.5 Å². The lowest BCUT2D eigenvalue weighted by Gasteiger charge is -2.22. The van der Waals surface area contributed by atoms with Gasteiger partial charge in [0.15, 0.2) is 6.29 Å². The number of rotatable bonds is 7. The van der Waals surface area contributed by atoms with Gasteiger partial charge in [0.25, 0.3) is 0 Å². The Morgan fingerprint density at radius 3 is 2.83 bits per heavy atom. The summed E-state index contributed by atoms with van der Waals surface area (Å²) in [5.74, 6) is 0. The lowest BCUT2D eigenvalue weighted by atomic mass is 10.2. The zero-order valence-electron chi connectivity index (χ0n) is 14.4. The maximum atomic E-state index is 5.75. The Labute approximate surface area is 143 Å². The molecule has 2 heterocycles. The van der Waals surface area contributed by atoms with Crippen LogP contribution in [0.4, 0.5) is 0 Å². The normalized spacial score (nSPS) is 18.2. The van der Waals surface area contributed by atoms with E-state index in [0.717, 1.165) is 43.8 Å². The zero-order chi connectivity index (χ0) is 16.8. The minimum atomic E-state index is -0.100. The van der Waals surface area contributed by atoms with Gasteiger partial charge in [-0.15, -0.1) is 5.10 Å². The van der Waals surface area contributed by atoms with Crippen LogP contribution in [-0.2, 0) is 22.6 Å². The van der Waals surface area contributed by atoms with Crippen LogP contribution in [0.3, 0.4) is 0 Å². The molecular formula is C18H26N4O2. The molecule has 1 N–H and O–H groups in total. The molecule has 6 heteroatoms. The van der Waals surface area contributed by atoms with Crippen molar-refractivity contribution in [3.8, 4) is 5.69 Å². The van der Waals surface area contributed by atoms with Crippen molar-refractivity contribution in [2.75, 3.05) is 6.61 Å². The Hall–Kier alpha value is -1.76. The van der Waals surface area contributed by atoms with E-state index >= 15 is 0 Å². The van der Waals surface area contributed by atoms with Crippen LogP contribution in [-0.4, -0.2) is 33.9 Å². The van der Waals surface area contributed by atoms with E-state index in [-0.39, 0.29) is 6.29 Å². The first-order chi connectivity index (χ1) is 11.7.